The molecule has 0 atom stereocenters. The number of allylic oxidation sites excluding steroid dienone is 2. The van der Waals surface area contributed by atoms with Crippen LogP contribution in [0.3, 0.4) is 0 Å². The monoisotopic (exact) mass is 284 g/mol. The molecule has 21 heavy (non-hydrogen) atoms. The number of amides is 1. The number of aryl methyl sites for hydroxylation is 1. The van der Waals surface area contributed by atoms with Gasteiger partial charge in [0.15, 0.2) is 5.76 Å². The van der Waals surface area contributed by atoms with Crippen LogP contribution in [0.4, 0.5) is 5.69 Å². The lowest BCUT2D eigenvalue weighted by Gasteiger charge is -2.09. The number of nitrogens with one attached hydrogen (secondary N) is 1. The highest BCUT2D eigenvalue weighted by Crippen LogP contribution is 2.17. The predicted molar refractivity (Wildman–Crippen MR) is 80.1 cm³/mol. The quantitative estimate of drug-likeness (QED) is 0.653. The lowest BCUT2D eigenvalue weighted by atomic mass is 10.1. The number of ketones is 1. The van der Waals surface area contributed by atoms with E-state index in [2.05, 4.69) is 5.32 Å². The van der Waals surface area contributed by atoms with E-state index in [9.17, 15) is 9.59 Å². The zero-order chi connectivity index (χ0) is 15.4. The molecule has 1 aromatic carbocycles. The van der Waals surface area contributed by atoms with Crippen molar-refractivity contribution in [2.45, 2.75) is 13.8 Å². The second kappa shape index (κ2) is 6.09. The van der Waals surface area contributed by atoms with Gasteiger partial charge in [0.25, 0.3) is 5.91 Å². The van der Waals surface area contributed by atoms with Gasteiger partial charge in [-0.3, -0.25) is 9.59 Å². The van der Waals surface area contributed by atoms with Gasteiger partial charge < -0.3 is 15.5 Å². The standard InChI is InChI=1S/C16H16N2O3/c1-10(9-14(19)15-8-7-11(2)21-15)18-13-6-4-3-5-12(13)16(17)20/h3-9,18H,1-2H3,(H2,17,20)/b10-9+. The Balaban J connectivity index is 2.18. The van der Waals surface area contributed by atoms with Crippen LogP contribution in [-0.2, 0) is 0 Å². The molecule has 5 heteroatoms. The molecule has 0 saturated heterocycles. The normalized spacial score (nSPS) is 11.2. The molecule has 2 aromatic rings. The van der Waals surface area contributed by atoms with Gasteiger partial charge in [0.2, 0.25) is 5.78 Å². The van der Waals surface area contributed by atoms with Crippen molar-refractivity contribution in [2.75, 3.05) is 5.32 Å². The first-order valence-corrected chi connectivity index (χ1v) is 6.42. The Hall–Kier alpha value is -2.82. The number of nitrogens with two attached hydrogens (primary N) is 1. The molecule has 2 rings (SSSR count). The van der Waals surface area contributed by atoms with Crippen molar-refractivity contribution >= 4 is 17.4 Å². The molecule has 0 unspecified atom stereocenters. The Bertz CT molecular complexity index is 714. The Morgan fingerprint density at radius 1 is 1.19 bits per heavy atom. The van der Waals surface area contributed by atoms with Crippen molar-refractivity contribution < 1.29 is 14.0 Å². The van der Waals surface area contributed by atoms with Crippen molar-refractivity contribution in [1.82, 2.24) is 0 Å². The molecule has 1 aromatic heterocycles. The highest BCUT2D eigenvalue weighted by Gasteiger charge is 2.10. The van der Waals surface area contributed by atoms with Gasteiger partial charge in [-0.2, -0.15) is 0 Å². The number of anilines is 1. The van der Waals surface area contributed by atoms with Gasteiger partial charge in [0.1, 0.15) is 5.76 Å². The fourth-order valence-corrected chi connectivity index (χ4v) is 1.89. The summed E-state index contributed by atoms with van der Waals surface area (Å²) < 4.78 is 5.26. The first-order chi connectivity index (χ1) is 9.97. The predicted octanol–water partition coefficient (Wildman–Crippen LogP) is 2.89. The van der Waals surface area contributed by atoms with Gasteiger partial charge in [0, 0.05) is 11.8 Å². The molecule has 108 valence electrons. The van der Waals surface area contributed by atoms with Crippen LogP contribution in [0.15, 0.2) is 52.6 Å². The zero-order valence-electron chi connectivity index (χ0n) is 11.8. The third-order valence-electron chi connectivity index (χ3n) is 2.86. The summed E-state index contributed by atoms with van der Waals surface area (Å²) >= 11 is 0. The van der Waals surface area contributed by atoms with Crippen LogP contribution >= 0.6 is 0 Å². The lowest BCUT2D eigenvalue weighted by molar-refractivity contribution is 0.0998. The van der Waals surface area contributed by atoms with Crippen LogP contribution in [0.1, 0.15) is 33.6 Å². The highest BCUT2D eigenvalue weighted by atomic mass is 16.3. The average Bonchev–Trinajstić information content (AvgIpc) is 2.85. The third kappa shape index (κ3) is 3.60. The number of rotatable bonds is 5. The number of hydrogen-bond donors (Lipinski definition) is 2. The van der Waals surface area contributed by atoms with Crippen molar-refractivity contribution in [3.05, 3.63) is 65.3 Å². The van der Waals surface area contributed by atoms with Crippen LogP contribution in [0, 0.1) is 6.92 Å². The molecule has 0 aliphatic carbocycles. The molecule has 0 spiro atoms. The maximum atomic E-state index is 12.0. The number of carbonyl (C=O) groups excluding carboxylic acids is 2. The number of carbonyl (C=O) groups is 2. The summed E-state index contributed by atoms with van der Waals surface area (Å²) in [6.45, 7) is 3.50. The second-order valence-corrected chi connectivity index (χ2v) is 4.64. The van der Waals surface area contributed by atoms with Gasteiger partial charge in [0.05, 0.1) is 11.3 Å². The maximum absolute atomic E-state index is 12.0. The molecule has 3 N–H and O–H groups in total. The van der Waals surface area contributed by atoms with Gasteiger partial charge in [-0.1, -0.05) is 12.1 Å². The van der Waals surface area contributed by atoms with Crippen molar-refractivity contribution in [3.8, 4) is 0 Å². The summed E-state index contributed by atoms with van der Waals surface area (Å²) in [5.41, 5.74) is 6.82. The summed E-state index contributed by atoms with van der Waals surface area (Å²) in [6.07, 6.45) is 1.41. The molecule has 1 heterocycles. The van der Waals surface area contributed by atoms with Crippen LogP contribution in [0.25, 0.3) is 0 Å². The zero-order valence-corrected chi connectivity index (χ0v) is 11.8. The van der Waals surface area contributed by atoms with Crippen molar-refractivity contribution in [2.24, 2.45) is 5.73 Å². The largest absolute Gasteiger partial charge is 0.458 e. The lowest BCUT2D eigenvalue weighted by Crippen LogP contribution is -2.14. The second-order valence-electron chi connectivity index (χ2n) is 4.64. The molecule has 1 amide bonds. The van der Waals surface area contributed by atoms with E-state index in [1.165, 1.54) is 6.08 Å². The minimum absolute atomic E-state index is 0.246. The van der Waals surface area contributed by atoms with Crippen LogP contribution in [0.2, 0.25) is 0 Å². The number of furan rings is 1. The third-order valence-corrected chi connectivity index (χ3v) is 2.86. The first-order valence-electron chi connectivity index (χ1n) is 6.42. The van der Waals surface area contributed by atoms with E-state index in [-0.39, 0.29) is 11.5 Å². The van der Waals surface area contributed by atoms with Gasteiger partial charge in [-0.25, -0.2) is 0 Å². The van der Waals surface area contributed by atoms with E-state index >= 15 is 0 Å². The Morgan fingerprint density at radius 2 is 1.90 bits per heavy atom. The topological polar surface area (TPSA) is 85.3 Å². The number of primary amides is 1. The average molecular weight is 284 g/mol. The van der Waals surface area contributed by atoms with Crippen LogP contribution < -0.4 is 11.1 Å². The molecular formula is C16H16N2O3. The fraction of sp³-hybridized carbons (Fsp3) is 0.125. The summed E-state index contributed by atoms with van der Waals surface area (Å²) in [5, 5.41) is 3.00. The summed E-state index contributed by atoms with van der Waals surface area (Å²) in [7, 11) is 0. The first kappa shape index (κ1) is 14.6. The highest BCUT2D eigenvalue weighted by molar-refractivity contribution is 6.03. The molecule has 0 fully saturated rings. The molecule has 0 saturated carbocycles. The van der Waals surface area contributed by atoms with E-state index in [0.29, 0.717) is 22.7 Å². The summed E-state index contributed by atoms with van der Waals surface area (Å²) in [5.74, 6) is 0.178. The summed E-state index contributed by atoms with van der Waals surface area (Å²) in [6, 6.07) is 10.2. The maximum Gasteiger partial charge on any atom is 0.250 e. The van der Waals surface area contributed by atoms with E-state index in [1.54, 1.807) is 50.2 Å². The van der Waals surface area contributed by atoms with Gasteiger partial charge in [-0.15, -0.1) is 0 Å². The molecular weight excluding hydrogens is 268 g/mol. The van der Waals surface area contributed by atoms with E-state index < -0.39 is 5.91 Å². The number of hydrogen-bond acceptors (Lipinski definition) is 4. The Labute approximate surface area is 122 Å². The fourth-order valence-electron chi connectivity index (χ4n) is 1.89. The Kier molecular flexibility index (Phi) is 4.23. The van der Waals surface area contributed by atoms with Gasteiger partial charge in [-0.05, 0) is 38.1 Å². The minimum Gasteiger partial charge on any atom is -0.458 e. The van der Waals surface area contributed by atoms with E-state index in [4.69, 9.17) is 10.2 Å². The number of para-hydroxylation sites is 1. The Morgan fingerprint density at radius 3 is 2.52 bits per heavy atom. The van der Waals surface area contributed by atoms with E-state index in [1.807, 2.05) is 0 Å². The summed E-state index contributed by atoms with van der Waals surface area (Å²) in [4.78, 5) is 23.3. The molecule has 0 aliphatic rings. The molecule has 0 bridgehead atoms. The number of benzene rings is 1. The SMILES string of the molecule is C/C(=C\C(=O)c1ccc(C)o1)Nc1ccccc1C(N)=O. The van der Waals surface area contributed by atoms with Crippen molar-refractivity contribution in [1.29, 1.82) is 0 Å². The van der Waals surface area contributed by atoms with Crippen LogP contribution in [0.5, 0.6) is 0 Å². The molecule has 5 nitrogen and oxygen atoms in total. The minimum atomic E-state index is -0.529. The van der Waals surface area contributed by atoms with Crippen LogP contribution in [-0.4, -0.2) is 11.7 Å². The smallest absolute Gasteiger partial charge is 0.250 e. The van der Waals surface area contributed by atoms with Gasteiger partial charge >= 0.3 is 0 Å². The molecule has 0 radical (unpaired) electrons. The molecule has 0 aliphatic heterocycles. The van der Waals surface area contributed by atoms with Crippen molar-refractivity contribution in [3.63, 3.8) is 0 Å². The van der Waals surface area contributed by atoms with E-state index in [0.717, 1.165) is 0 Å².